The average Bonchev–Trinajstić information content (AvgIpc) is 1.76. The summed E-state index contributed by atoms with van der Waals surface area (Å²) in [4.78, 5) is 0. The molecule has 15 heavy (non-hydrogen) atoms. The largest absolute Gasteiger partial charge is 0.414 e. The van der Waals surface area contributed by atoms with E-state index in [1.54, 1.807) is 0 Å². The fraction of sp³-hybridized carbons (Fsp3) is 1.00. The van der Waals surface area contributed by atoms with E-state index in [1.165, 1.54) is 0 Å². The Morgan fingerprint density at radius 1 is 0.600 bits per heavy atom. The van der Waals surface area contributed by atoms with E-state index in [2.05, 4.69) is 0 Å². The predicted molar refractivity (Wildman–Crippen MR) is 27.7 cm³/mol. The van der Waals surface area contributed by atoms with Crippen molar-refractivity contribution in [1.82, 2.24) is 0 Å². The summed E-state index contributed by atoms with van der Waals surface area (Å²) in [5.74, 6) is 0. The molecule has 1 N–H and O–H groups in total. The molecule has 0 aromatic carbocycles. The van der Waals surface area contributed by atoms with Crippen molar-refractivity contribution in [3.8, 4) is 0 Å². The first kappa shape index (κ1) is 14.3. The zero-order valence-electron chi connectivity index (χ0n) is 6.56. The van der Waals surface area contributed by atoms with E-state index in [0.29, 0.717) is 0 Å². The van der Waals surface area contributed by atoms with Crippen LogP contribution in [-0.4, -0.2) is 30.2 Å². The van der Waals surface area contributed by atoms with E-state index in [0.717, 1.165) is 0 Å². The van der Waals surface area contributed by atoms with Gasteiger partial charge in [0.2, 0.25) is 0 Å². The molecule has 0 aromatic rings. The number of aliphatic hydroxyl groups is 1. The van der Waals surface area contributed by atoms with Crippen molar-refractivity contribution >= 4 is 0 Å². The van der Waals surface area contributed by atoms with Crippen LogP contribution in [0, 0.1) is 5.41 Å². The topological polar surface area (TPSA) is 20.2 Å². The van der Waals surface area contributed by atoms with Crippen molar-refractivity contribution < 1.29 is 44.6 Å². The van der Waals surface area contributed by atoms with E-state index >= 15 is 0 Å². The Labute approximate surface area is 76.5 Å². The van der Waals surface area contributed by atoms with Gasteiger partial charge in [0.25, 0.3) is 5.41 Å². The van der Waals surface area contributed by atoms with Crippen molar-refractivity contribution in [2.75, 3.05) is 6.61 Å². The smallest absolute Gasteiger partial charge is 0.395 e. The second-order valence-corrected chi connectivity index (χ2v) is 2.56. The summed E-state index contributed by atoms with van der Waals surface area (Å²) in [5.41, 5.74) is -6.09. The van der Waals surface area contributed by atoms with Gasteiger partial charge < -0.3 is 5.11 Å². The molecule has 0 aliphatic carbocycles. The van der Waals surface area contributed by atoms with Crippen molar-refractivity contribution in [3.05, 3.63) is 0 Å². The molecular weight excluding hydrogens is 247 g/mol. The molecule has 0 atom stereocenters. The van der Waals surface area contributed by atoms with Crippen LogP contribution in [0.1, 0.15) is 0 Å². The van der Waals surface area contributed by atoms with E-state index in [9.17, 15) is 39.5 Å². The number of hydrogen-bond acceptors (Lipinski definition) is 1. The van der Waals surface area contributed by atoms with Crippen LogP contribution in [0.15, 0.2) is 0 Å². The van der Waals surface area contributed by atoms with Crippen LogP contribution in [0.2, 0.25) is 0 Å². The molecule has 0 aromatic heterocycles. The summed E-state index contributed by atoms with van der Waals surface area (Å²) in [7, 11) is 0. The van der Waals surface area contributed by atoms with Crippen molar-refractivity contribution in [3.63, 3.8) is 0 Å². The second kappa shape index (κ2) is 3.42. The van der Waals surface area contributed by atoms with Crippen molar-refractivity contribution in [2.45, 2.75) is 18.5 Å². The number of hydrogen-bond donors (Lipinski definition) is 1. The maximum absolute atomic E-state index is 11.8. The lowest BCUT2D eigenvalue weighted by atomic mass is 9.86. The van der Waals surface area contributed by atoms with Gasteiger partial charge >= 0.3 is 18.5 Å². The maximum Gasteiger partial charge on any atom is 0.414 e. The first-order valence-corrected chi connectivity index (χ1v) is 3.12. The Bertz CT molecular complexity index is 184. The van der Waals surface area contributed by atoms with Gasteiger partial charge in [0, 0.05) is 0 Å². The monoisotopic (exact) mass is 250 g/mol. The van der Waals surface area contributed by atoms with E-state index in [-0.39, 0.29) is 0 Å². The van der Waals surface area contributed by atoms with Crippen LogP contribution in [-0.2, 0) is 0 Å². The Morgan fingerprint density at radius 3 is 0.800 bits per heavy atom. The molecule has 0 unspecified atom stereocenters. The third-order valence-corrected chi connectivity index (χ3v) is 1.69. The molecule has 0 spiro atoms. The highest BCUT2D eigenvalue weighted by atomic mass is 19.4. The third kappa shape index (κ3) is 1.99. The van der Waals surface area contributed by atoms with Crippen LogP contribution in [0.25, 0.3) is 0 Å². The lowest BCUT2D eigenvalue weighted by molar-refractivity contribution is -0.433. The third-order valence-electron chi connectivity index (χ3n) is 1.69. The van der Waals surface area contributed by atoms with E-state index in [1.807, 2.05) is 0 Å². The lowest BCUT2D eigenvalue weighted by Crippen LogP contribution is -2.61. The Balaban J connectivity index is 5.78. The molecule has 0 saturated carbocycles. The minimum Gasteiger partial charge on any atom is -0.395 e. The van der Waals surface area contributed by atoms with Crippen molar-refractivity contribution in [1.29, 1.82) is 0 Å². The fourth-order valence-electron chi connectivity index (χ4n) is 0.751. The van der Waals surface area contributed by atoms with E-state index in [4.69, 9.17) is 5.11 Å². The first-order chi connectivity index (χ1) is 6.31. The van der Waals surface area contributed by atoms with Crippen LogP contribution in [0.5, 0.6) is 0 Å². The minimum atomic E-state index is -6.67. The fourth-order valence-corrected chi connectivity index (χ4v) is 0.751. The minimum absolute atomic E-state index is 3.14. The number of halogens is 9. The number of alkyl halides is 9. The van der Waals surface area contributed by atoms with Crippen LogP contribution in [0.3, 0.4) is 0 Å². The number of aliphatic hydroxyl groups excluding tert-OH is 1. The zero-order valence-corrected chi connectivity index (χ0v) is 6.56. The van der Waals surface area contributed by atoms with Gasteiger partial charge in [0.15, 0.2) is 0 Å². The molecule has 92 valence electrons. The molecule has 0 aliphatic heterocycles. The second-order valence-electron chi connectivity index (χ2n) is 2.56. The highest BCUT2D eigenvalue weighted by molar-refractivity contribution is 4.98. The maximum atomic E-state index is 11.8. The SMILES string of the molecule is OCC(C(F)(F)F)(C(F)(F)F)C(F)(F)F. The molecule has 0 bridgehead atoms. The highest BCUT2D eigenvalue weighted by Gasteiger charge is 2.83. The molecule has 0 saturated heterocycles. The van der Waals surface area contributed by atoms with Crippen LogP contribution < -0.4 is 0 Å². The molecular formula is C5H3F9O. The molecule has 0 rings (SSSR count). The summed E-state index contributed by atoms with van der Waals surface area (Å²) in [6, 6.07) is 0. The Kier molecular flexibility index (Phi) is 3.27. The summed E-state index contributed by atoms with van der Waals surface area (Å²) in [5, 5.41) is 7.82. The van der Waals surface area contributed by atoms with Gasteiger partial charge in [-0.15, -0.1) is 0 Å². The Hall–Kier alpha value is -0.670. The van der Waals surface area contributed by atoms with Gasteiger partial charge in [-0.1, -0.05) is 0 Å². The van der Waals surface area contributed by atoms with Crippen LogP contribution >= 0.6 is 0 Å². The highest BCUT2D eigenvalue weighted by Crippen LogP contribution is 2.58. The molecule has 0 amide bonds. The summed E-state index contributed by atoms with van der Waals surface area (Å²) >= 11 is 0. The Morgan fingerprint density at radius 2 is 0.800 bits per heavy atom. The quantitative estimate of drug-likeness (QED) is 0.709. The molecule has 1 nitrogen and oxygen atoms in total. The predicted octanol–water partition coefficient (Wildman–Crippen LogP) is 2.65. The summed E-state index contributed by atoms with van der Waals surface area (Å²) < 4.78 is 106. The van der Waals surface area contributed by atoms with Gasteiger partial charge in [-0.25, -0.2) is 0 Å². The lowest BCUT2D eigenvalue weighted by Gasteiger charge is -2.36. The van der Waals surface area contributed by atoms with Crippen LogP contribution in [0.4, 0.5) is 39.5 Å². The summed E-state index contributed by atoms with van der Waals surface area (Å²) in [6.07, 6.45) is -20.0. The molecule has 0 aliphatic rings. The molecule has 0 fully saturated rings. The average molecular weight is 250 g/mol. The normalized spacial score (nSPS) is 15.6. The summed E-state index contributed by atoms with van der Waals surface area (Å²) in [6.45, 7) is -3.14. The van der Waals surface area contributed by atoms with Gasteiger partial charge in [0.1, 0.15) is 0 Å². The number of rotatable bonds is 1. The standard InChI is InChI=1S/C5H3F9O/c6-3(7,8)2(1-15,4(9,10)11)5(12,13)14/h15H,1H2. The van der Waals surface area contributed by atoms with Gasteiger partial charge in [-0.05, 0) is 0 Å². The molecule has 0 radical (unpaired) electrons. The van der Waals surface area contributed by atoms with Gasteiger partial charge in [-0.3, -0.25) is 0 Å². The zero-order chi connectivity index (χ0) is 12.7. The van der Waals surface area contributed by atoms with Gasteiger partial charge in [0.05, 0.1) is 6.61 Å². The van der Waals surface area contributed by atoms with E-state index < -0.39 is 30.6 Å². The first-order valence-electron chi connectivity index (χ1n) is 3.12. The van der Waals surface area contributed by atoms with Gasteiger partial charge in [-0.2, -0.15) is 39.5 Å². The molecule has 0 heterocycles. The van der Waals surface area contributed by atoms with Crippen molar-refractivity contribution in [2.24, 2.45) is 5.41 Å². The molecule has 10 heteroatoms.